The van der Waals surface area contributed by atoms with E-state index in [0.717, 1.165) is 12.0 Å². The van der Waals surface area contributed by atoms with Gasteiger partial charge in [-0.1, -0.05) is 12.2 Å². The first-order valence-electron chi connectivity index (χ1n) is 2.87. The molecule has 0 amide bonds. The van der Waals surface area contributed by atoms with E-state index >= 15 is 0 Å². The van der Waals surface area contributed by atoms with Crippen LogP contribution < -0.4 is 5.32 Å². The zero-order valence-electron chi connectivity index (χ0n) is 4.22. The molecule has 1 fully saturated rings. The fraction of sp³-hybridized carbons (Fsp3) is 0.667. The summed E-state index contributed by atoms with van der Waals surface area (Å²) >= 11 is 0. The van der Waals surface area contributed by atoms with Gasteiger partial charge in [0.05, 0.1) is 0 Å². The zero-order chi connectivity index (χ0) is 4.69. The summed E-state index contributed by atoms with van der Waals surface area (Å²) in [5.74, 6) is 0.880. The normalized spacial score (nSPS) is 45.7. The van der Waals surface area contributed by atoms with Crippen LogP contribution in [-0.2, 0) is 0 Å². The Bertz CT molecular complexity index is 94.7. The Morgan fingerprint density at radius 2 is 2.43 bits per heavy atom. The summed E-state index contributed by atoms with van der Waals surface area (Å²) in [5.41, 5.74) is 0. The maximum absolute atomic E-state index is 3.37. The molecule has 0 saturated carbocycles. The van der Waals surface area contributed by atoms with E-state index in [0.29, 0.717) is 0 Å². The van der Waals surface area contributed by atoms with E-state index < -0.39 is 0 Å². The van der Waals surface area contributed by atoms with Gasteiger partial charge in [-0.05, 0) is 12.3 Å². The van der Waals surface area contributed by atoms with Crippen molar-refractivity contribution in [2.45, 2.75) is 12.5 Å². The van der Waals surface area contributed by atoms with Crippen LogP contribution in [0.2, 0.25) is 0 Å². The molecule has 0 unspecified atom stereocenters. The molecule has 0 aromatic rings. The fourth-order valence-electron chi connectivity index (χ4n) is 1.38. The molecule has 1 heteroatoms. The van der Waals surface area contributed by atoms with E-state index in [1.54, 1.807) is 0 Å². The molecule has 2 rings (SSSR count). The predicted molar refractivity (Wildman–Crippen MR) is 29.0 cm³/mol. The van der Waals surface area contributed by atoms with Crippen LogP contribution in [0.15, 0.2) is 12.2 Å². The van der Waals surface area contributed by atoms with Gasteiger partial charge in [0.2, 0.25) is 0 Å². The van der Waals surface area contributed by atoms with Crippen molar-refractivity contribution in [1.82, 2.24) is 5.32 Å². The lowest BCUT2D eigenvalue weighted by Crippen LogP contribution is -2.20. The molecule has 0 aromatic carbocycles. The van der Waals surface area contributed by atoms with Gasteiger partial charge in [0.25, 0.3) is 0 Å². The number of hydrogen-bond donors (Lipinski definition) is 1. The number of nitrogens with one attached hydrogen (secondary N) is 1. The summed E-state index contributed by atoms with van der Waals surface area (Å²) in [6, 6.07) is 0.741. The minimum absolute atomic E-state index is 0.741. The van der Waals surface area contributed by atoms with Crippen LogP contribution in [0, 0.1) is 5.92 Å². The van der Waals surface area contributed by atoms with Crippen LogP contribution in [0.4, 0.5) is 0 Å². The average Bonchev–Trinajstić information content (AvgIpc) is 2.22. The molecule has 1 heterocycles. The summed E-state index contributed by atoms with van der Waals surface area (Å²) in [7, 11) is 0. The van der Waals surface area contributed by atoms with Crippen LogP contribution in [0.1, 0.15) is 6.42 Å². The van der Waals surface area contributed by atoms with Gasteiger partial charge in [0.15, 0.2) is 0 Å². The fourth-order valence-corrected chi connectivity index (χ4v) is 1.38. The Hall–Kier alpha value is -0.300. The second kappa shape index (κ2) is 1.10. The van der Waals surface area contributed by atoms with Crippen molar-refractivity contribution in [2.24, 2.45) is 5.92 Å². The second-order valence-corrected chi connectivity index (χ2v) is 2.40. The Morgan fingerprint density at radius 1 is 1.43 bits per heavy atom. The molecule has 2 aliphatic rings. The molecule has 1 aliphatic carbocycles. The molecule has 1 nitrogen and oxygen atoms in total. The lowest BCUT2D eigenvalue weighted by Gasteiger charge is -2.00. The maximum atomic E-state index is 3.37. The lowest BCUT2D eigenvalue weighted by atomic mass is 10.2. The van der Waals surface area contributed by atoms with Crippen molar-refractivity contribution < 1.29 is 0 Å². The Balaban J connectivity index is 2.27. The van der Waals surface area contributed by atoms with Crippen molar-refractivity contribution in [3.63, 3.8) is 0 Å². The second-order valence-electron chi connectivity index (χ2n) is 2.40. The Kier molecular flexibility index (Phi) is 0.577. The van der Waals surface area contributed by atoms with Crippen molar-refractivity contribution >= 4 is 0 Å². The third kappa shape index (κ3) is 0.416. The quantitative estimate of drug-likeness (QED) is 0.433. The summed E-state index contributed by atoms with van der Waals surface area (Å²) < 4.78 is 0. The molecular formula is C6H9N. The molecule has 1 aliphatic heterocycles. The molecule has 7 heavy (non-hydrogen) atoms. The van der Waals surface area contributed by atoms with Gasteiger partial charge in [-0.3, -0.25) is 0 Å². The van der Waals surface area contributed by atoms with E-state index in [-0.39, 0.29) is 0 Å². The third-order valence-corrected chi connectivity index (χ3v) is 1.81. The Labute approximate surface area is 43.4 Å². The first-order valence-corrected chi connectivity index (χ1v) is 2.87. The first kappa shape index (κ1) is 3.67. The van der Waals surface area contributed by atoms with E-state index in [1.165, 1.54) is 13.0 Å². The zero-order valence-corrected chi connectivity index (χ0v) is 4.22. The van der Waals surface area contributed by atoms with Crippen LogP contribution >= 0.6 is 0 Å². The molecule has 1 N–H and O–H groups in total. The van der Waals surface area contributed by atoms with Gasteiger partial charge in [-0.2, -0.15) is 0 Å². The predicted octanol–water partition coefficient (Wildman–Crippen LogP) is 0.534. The van der Waals surface area contributed by atoms with E-state index in [4.69, 9.17) is 0 Å². The van der Waals surface area contributed by atoms with Crippen molar-refractivity contribution in [1.29, 1.82) is 0 Å². The SMILES string of the molecule is C1=C[C@@H]2C[C@@H]1CN2. The largest absolute Gasteiger partial charge is 0.310 e. The first-order chi connectivity index (χ1) is 3.45. The highest BCUT2D eigenvalue weighted by Crippen LogP contribution is 2.22. The molecule has 0 aromatic heterocycles. The summed E-state index contributed by atoms with van der Waals surface area (Å²) in [5, 5.41) is 3.37. The summed E-state index contributed by atoms with van der Waals surface area (Å²) in [6.45, 7) is 1.22. The molecule has 38 valence electrons. The standard InChI is InChI=1S/C6H9N/c1-2-6-3-5(1)4-7-6/h1-2,5-7H,3-4H2/t5-,6-/m1/s1. The molecular weight excluding hydrogens is 86.1 g/mol. The van der Waals surface area contributed by atoms with Crippen molar-refractivity contribution in [3.8, 4) is 0 Å². The molecule has 2 atom stereocenters. The number of hydrogen-bond acceptors (Lipinski definition) is 1. The van der Waals surface area contributed by atoms with E-state index in [2.05, 4.69) is 17.5 Å². The highest BCUT2D eigenvalue weighted by atomic mass is 15.0. The number of fused-ring (bicyclic) bond motifs is 2. The topological polar surface area (TPSA) is 12.0 Å². The van der Waals surface area contributed by atoms with Gasteiger partial charge in [-0.15, -0.1) is 0 Å². The van der Waals surface area contributed by atoms with Gasteiger partial charge in [-0.25, -0.2) is 0 Å². The highest BCUT2D eigenvalue weighted by molar-refractivity contribution is 5.11. The van der Waals surface area contributed by atoms with Gasteiger partial charge >= 0.3 is 0 Å². The molecule has 0 radical (unpaired) electrons. The average molecular weight is 95.1 g/mol. The lowest BCUT2D eigenvalue weighted by molar-refractivity contribution is 0.714. The highest BCUT2D eigenvalue weighted by Gasteiger charge is 2.24. The minimum Gasteiger partial charge on any atom is -0.310 e. The van der Waals surface area contributed by atoms with Crippen LogP contribution in [0.3, 0.4) is 0 Å². The van der Waals surface area contributed by atoms with Gasteiger partial charge in [0, 0.05) is 12.6 Å². The van der Waals surface area contributed by atoms with Gasteiger partial charge in [0.1, 0.15) is 0 Å². The Morgan fingerprint density at radius 3 is 2.57 bits per heavy atom. The van der Waals surface area contributed by atoms with Crippen molar-refractivity contribution in [3.05, 3.63) is 12.2 Å². The molecule has 2 bridgehead atoms. The van der Waals surface area contributed by atoms with Crippen LogP contribution in [0.5, 0.6) is 0 Å². The molecule has 1 saturated heterocycles. The monoisotopic (exact) mass is 95.1 g/mol. The van der Waals surface area contributed by atoms with E-state index in [9.17, 15) is 0 Å². The minimum atomic E-state index is 0.741. The smallest absolute Gasteiger partial charge is 0.0256 e. The van der Waals surface area contributed by atoms with Crippen molar-refractivity contribution in [2.75, 3.05) is 6.54 Å². The van der Waals surface area contributed by atoms with Gasteiger partial charge < -0.3 is 5.32 Å². The number of rotatable bonds is 0. The van der Waals surface area contributed by atoms with E-state index in [1.807, 2.05) is 0 Å². The summed E-state index contributed by atoms with van der Waals surface area (Å²) in [6.07, 6.45) is 5.95. The molecule has 0 spiro atoms. The maximum Gasteiger partial charge on any atom is 0.0256 e. The summed E-state index contributed by atoms with van der Waals surface area (Å²) in [4.78, 5) is 0. The van der Waals surface area contributed by atoms with Crippen LogP contribution in [-0.4, -0.2) is 12.6 Å². The third-order valence-electron chi connectivity index (χ3n) is 1.81. The van der Waals surface area contributed by atoms with Crippen LogP contribution in [0.25, 0.3) is 0 Å².